The Hall–Kier alpha value is -1.86. The van der Waals surface area contributed by atoms with Crippen molar-refractivity contribution >= 4 is 8.07 Å². The van der Waals surface area contributed by atoms with Crippen LogP contribution >= 0.6 is 0 Å². The lowest BCUT2D eigenvalue weighted by Crippen LogP contribution is -2.29. The average Bonchev–Trinajstić information content (AvgIpc) is 3.38. The van der Waals surface area contributed by atoms with Crippen LogP contribution in [0.5, 0.6) is 0 Å². The number of hydrogen-bond donors (Lipinski definition) is 0. The first-order valence-corrected chi connectivity index (χ1v) is 17.6. The van der Waals surface area contributed by atoms with E-state index in [1.807, 2.05) is 0 Å². The molecule has 2 atom stereocenters. The molecule has 0 amide bonds. The van der Waals surface area contributed by atoms with Gasteiger partial charge in [0.05, 0.1) is 8.07 Å². The molecule has 0 N–H and O–H groups in total. The Labute approximate surface area is 222 Å². The topological polar surface area (TPSA) is 0 Å². The van der Waals surface area contributed by atoms with Crippen molar-refractivity contribution in [2.75, 3.05) is 0 Å². The fourth-order valence-electron chi connectivity index (χ4n) is 7.26. The van der Waals surface area contributed by atoms with Crippen LogP contribution in [-0.4, -0.2) is 8.07 Å². The lowest BCUT2D eigenvalue weighted by atomic mass is 9.69. The summed E-state index contributed by atoms with van der Waals surface area (Å²) in [5, 5.41) is 1.66. The van der Waals surface area contributed by atoms with Gasteiger partial charge < -0.3 is 0 Å². The summed E-state index contributed by atoms with van der Waals surface area (Å²) in [5.41, 5.74) is 12.9. The molecule has 192 valence electrons. The molecule has 0 saturated heterocycles. The van der Waals surface area contributed by atoms with Gasteiger partial charge in [0.15, 0.2) is 0 Å². The number of allylic oxidation sites excluding steroid dienone is 4. The minimum Gasteiger partial charge on any atom is -0.0772 e. The van der Waals surface area contributed by atoms with Crippen LogP contribution < -0.4 is 0 Å². The smallest absolute Gasteiger partial charge is 0.0772 e. The fraction of sp³-hybridized carbons (Fsp3) is 0.543. The minimum absolute atomic E-state index is 0.117. The van der Waals surface area contributed by atoms with Gasteiger partial charge in [0.25, 0.3) is 0 Å². The van der Waals surface area contributed by atoms with Crippen molar-refractivity contribution in [1.82, 2.24) is 0 Å². The molecule has 1 heteroatoms. The van der Waals surface area contributed by atoms with E-state index < -0.39 is 8.07 Å². The second-order valence-corrected chi connectivity index (χ2v) is 21.1. The maximum atomic E-state index is 2.70. The Bertz CT molecular complexity index is 1310. The van der Waals surface area contributed by atoms with Crippen molar-refractivity contribution in [3.63, 3.8) is 0 Å². The zero-order valence-electron chi connectivity index (χ0n) is 25.0. The molecule has 0 heterocycles. The van der Waals surface area contributed by atoms with Gasteiger partial charge >= 0.3 is 0 Å². The van der Waals surface area contributed by atoms with E-state index in [4.69, 9.17) is 0 Å². The van der Waals surface area contributed by atoms with Crippen LogP contribution in [-0.2, 0) is 22.7 Å². The first-order valence-electron chi connectivity index (χ1n) is 14.1. The molecule has 0 bridgehead atoms. The standard InChI is InChI=1S/C35H48Si/c1-32(2,3)23-14-13-22-15-28-27(26(22)16-23)17-24(33(4,5)6)18-29(28)35(9)21-34(7,8)30-19-25(20-31(30)35)36(10,11)12/h13-14,16-20,31H,15,21H2,1-12H3. The zero-order chi connectivity index (χ0) is 26.6. The molecule has 1 saturated carbocycles. The zero-order valence-corrected chi connectivity index (χ0v) is 26.0. The van der Waals surface area contributed by atoms with Crippen molar-refractivity contribution in [3.8, 4) is 11.1 Å². The third kappa shape index (κ3) is 3.92. The Morgan fingerprint density at radius 3 is 2.00 bits per heavy atom. The lowest BCUT2D eigenvalue weighted by molar-refractivity contribution is 0.356. The summed E-state index contributed by atoms with van der Waals surface area (Å²) >= 11 is 0. The molecular weight excluding hydrogens is 448 g/mol. The summed E-state index contributed by atoms with van der Waals surface area (Å²) in [6.45, 7) is 29.2. The summed E-state index contributed by atoms with van der Waals surface area (Å²) in [4.78, 5) is 0. The van der Waals surface area contributed by atoms with E-state index in [1.54, 1.807) is 21.9 Å². The van der Waals surface area contributed by atoms with Crippen LogP contribution in [0.4, 0.5) is 0 Å². The maximum Gasteiger partial charge on any atom is 0.0772 e. The van der Waals surface area contributed by atoms with Crippen molar-refractivity contribution in [1.29, 1.82) is 0 Å². The average molecular weight is 497 g/mol. The number of rotatable bonds is 2. The monoisotopic (exact) mass is 496 g/mol. The molecule has 0 nitrogen and oxygen atoms in total. The van der Waals surface area contributed by atoms with Crippen LogP contribution in [0.1, 0.15) is 96.6 Å². The van der Waals surface area contributed by atoms with Crippen LogP contribution in [0.15, 0.2) is 53.3 Å². The lowest BCUT2D eigenvalue weighted by Gasteiger charge is -2.35. The van der Waals surface area contributed by atoms with E-state index in [-0.39, 0.29) is 21.7 Å². The first kappa shape index (κ1) is 25.8. The van der Waals surface area contributed by atoms with Crippen LogP contribution in [0, 0.1) is 11.3 Å². The van der Waals surface area contributed by atoms with Crippen molar-refractivity contribution < 1.29 is 0 Å². The van der Waals surface area contributed by atoms with E-state index in [0.29, 0.717) is 5.92 Å². The summed E-state index contributed by atoms with van der Waals surface area (Å²) in [5.74, 6) is 0.516. The Morgan fingerprint density at radius 1 is 0.806 bits per heavy atom. The highest BCUT2D eigenvalue weighted by molar-refractivity contribution is 6.83. The molecule has 2 aromatic carbocycles. The SMILES string of the molecule is CC1(C)CC(C)(c2cc(C(C)(C)C)cc3c2Cc2ccc(C(C)(C)C)cc2-3)C2C=C([Si](C)(C)C)C=C21. The maximum absolute atomic E-state index is 2.70. The normalized spacial score (nSPS) is 24.8. The molecular formula is C35H48Si. The Morgan fingerprint density at radius 2 is 1.42 bits per heavy atom. The predicted molar refractivity (Wildman–Crippen MR) is 161 cm³/mol. The number of fused-ring (bicyclic) bond motifs is 4. The first-order chi connectivity index (χ1) is 16.3. The largest absolute Gasteiger partial charge is 0.0772 e. The third-order valence-electron chi connectivity index (χ3n) is 9.50. The highest BCUT2D eigenvalue weighted by Gasteiger charge is 2.54. The quantitative estimate of drug-likeness (QED) is 0.310. The minimum atomic E-state index is -1.37. The van der Waals surface area contributed by atoms with E-state index in [1.165, 1.54) is 34.2 Å². The van der Waals surface area contributed by atoms with E-state index >= 15 is 0 Å². The van der Waals surface area contributed by atoms with E-state index in [2.05, 4.69) is 124 Å². The summed E-state index contributed by atoms with van der Waals surface area (Å²) in [7, 11) is -1.37. The molecule has 3 aliphatic carbocycles. The van der Waals surface area contributed by atoms with E-state index in [0.717, 1.165) is 6.42 Å². The molecule has 1 fully saturated rings. The van der Waals surface area contributed by atoms with Crippen LogP contribution in [0.2, 0.25) is 19.6 Å². The molecule has 0 aromatic heterocycles. The second-order valence-electron chi connectivity index (χ2n) is 16.0. The molecule has 36 heavy (non-hydrogen) atoms. The van der Waals surface area contributed by atoms with Gasteiger partial charge in [-0.15, -0.1) is 0 Å². The molecule has 2 aromatic rings. The Balaban J connectivity index is 1.75. The van der Waals surface area contributed by atoms with Gasteiger partial charge in [-0.25, -0.2) is 0 Å². The second kappa shape index (κ2) is 7.59. The molecule has 3 aliphatic rings. The van der Waals surface area contributed by atoms with Crippen LogP contribution in [0.25, 0.3) is 11.1 Å². The molecule has 2 unspecified atom stereocenters. The van der Waals surface area contributed by atoms with E-state index in [9.17, 15) is 0 Å². The molecule has 0 radical (unpaired) electrons. The van der Waals surface area contributed by atoms with Gasteiger partial charge in [-0.1, -0.05) is 135 Å². The van der Waals surface area contributed by atoms with Gasteiger partial charge in [-0.3, -0.25) is 0 Å². The summed E-state index contributed by atoms with van der Waals surface area (Å²) in [6.07, 6.45) is 7.61. The van der Waals surface area contributed by atoms with Crippen LogP contribution in [0.3, 0.4) is 0 Å². The van der Waals surface area contributed by atoms with Crippen molar-refractivity contribution in [2.24, 2.45) is 11.3 Å². The van der Waals surface area contributed by atoms with Gasteiger partial charge in [-0.2, -0.15) is 0 Å². The molecule has 0 aliphatic heterocycles. The molecule has 0 spiro atoms. The third-order valence-corrected chi connectivity index (χ3v) is 11.5. The molecule has 5 rings (SSSR count). The van der Waals surface area contributed by atoms with Crippen molar-refractivity contribution in [2.45, 2.75) is 111 Å². The van der Waals surface area contributed by atoms with Crippen molar-refractivity contribution in [3.05, 3.63) is 81.1 Å². The van der Waals surface area contributed by atoms with Gasteiger partial charge in [-0.05, 0) is 68.0 Å². The summed E-state index contributed by atoms with van der Waals surface area (Å²) in [6, 6.07) is 12.4. The summed E-state index contributed by atoms with van der Waals surface area (Å²) < 4.78 is 0. The highest BCUT2D eigenvalue weighted by Crippen LogP contribution is 2.62. The highest BCUT2D eigenvalue weighted by atomic mass is 28.3. The Kier molecular flexibility index (Phi) is 5.44. The van der Waals surface area contributed by atoms with Gasteiger partial charge in [0.2, 0.25) is 0 Å². The van der Waals surface area contributed by atoms with Gasteiger partial charge in [0, 0.05) is 11.3 Å². The number of benzene rings is 2. The van der Waals surface area contributed by atoms with Gasteiger partial charge in [0.1, 0.15) is 0 Å². The number of hydrogen-bond acceptors (Lipinski definition) is 0. The predicted octanol–water partition coefficient (Wildman–Crippen LogP) is 9.90. The fourth-order valence-corrected chi connectivity index (χ4v) is 8.52.